The molecule has 2 amide bonds. The minimum Gasteiger partial charge on any atom is -0.369 e. The Hall–Kier alpha value is -0.880. The van der Waals surface area contributed by atoms with Gasteiger partial charge in [0.25, 0.3) is 5.91 Å². The van der Waals surface area contributed by atoms with Gasteiger partial charge >= 0.3 is 0 Å². The molecule has 0 radical (unpaired) electrons. The monoisotopic (exact) mass is 302 g/mol. The van der Waals surface area contributed by atoms with Crippen molar-refractivity contribution in [3.05, 3.63) is 20.8 Å². The SMILES string of the molecule is NC(=O)C1CCN(C(=O)c2cc(Br)cs2)C1. The number of halogens is 1. The molecule has 16 heavy (non-hydrogen) atoms. The Labute approximate surface area is 106 Å². The van der Waals surface area contributed by atoms with Crippen LogP contribution in [0.4, 0.5) is 0 Å². The van der Waals surface area contributed by atoms with Gasteiger partial charge in [-0.15, -0.1) is 11.3 Å². The average Bonchev–Trinajstić information content (AvgIpc) is 2.84. The summed E-state index contributed by atoms with van der Waals surface area (Å²) in [6.07, 6.45) is 0.674. The standard InChI is InChI=1S/C10H11BrN2O2S/c11-7-3-8(16-5-7)10(15)13-2-1-6(4-13)9(12)14/h3,5-6H,1-2,4H2,(H2,12,14). The Morgan fingerprint density at radius 2 is 2.31 bits per heavy atom. The van der Waals surface area contributed by atoms with Crippen molar-refractivity contribution >= 4 is 39.1 Å². The van der Waals surface area contributed by atoms with Crippen molar-refractivity contribution in [2.24, 2.45) is 11.7 Å². The van der Waals surface area contributed by atoms with Gasteiger partial charge in [-0.3, -0.25) is 9.59 Å². The zero-order valence-electron chi connectivity index (χ0n) is 8.48. The van der Waals surface area contributed by atoms with Gasteiger partial charge in [0.15, 0.2) is 0 Å². The molecule has 0 bridgehead atoms. The van der Waals surface area contributed by atoms with Crippen molar-refractivity contribution < 1.29 is 9.59 Å². The third-order valence-corrected chi connectivity index (χ3v) is 4.34. The van der Waals surface area contributed by atoms with Crippen LogP contribution in [0, 0.1) is 5.92 Å². The average molecular weight is 303 g/mol. The van der Waals surface area contributed by atoms with Crippen LogP contribution in [0.3, 0.4) is 0 Å². The fourth-order valence-electron chi connectivity index (χ4n) is 1.76. The summed E-state index contributed by atoms with van der Waals surface area (Å²) in [5.41, 5.74) is 5.22. The third-order valence-electron chi connectivity index (χ3n) is 2.66. The van der Waals surface area contributed by atoms with Crippen LogP contribution in [0.1, 0.15) is 16.1 Å². The van der Waals surface area contributed by atoms with E-state index in [-0.39, 0.29) is 17.7 Å². The van der Waals surface area contributed by atoms with E-state index in [0.717, 1.165) is 4.47 Å². The zero-order chi connectivity index (χ0) is 11.7. The molecule has 0 spiro atoms. The highest BCUT2D eigenvalue weighted by molar-refractivity contribution is 9.10. The van der Waals surface area contributed by atoms with Crippen molar-refractivity contribution in [1.29, 1.82) is 0 Å². The molecular formula is C10H11BrN2O2S. The van der Waals surface area contributed by atoms with Gasteiger partial charge in [-0.25, -0.2) is 0 Å². The Morgan fingerprint density at radius 3 is 2.81 bits per heavy atom. The van der Waals surface area contributed by atoms with E-state index in [1.807, 2.05) is 5.38 Å². The van der Waals surface area contributed by atoms with E-state index in [2.05, 4.69) is 15.9 Å². The van der Waals surface area contributed by atoms with Crippen molar-refractivity contribution in [1.82, 2.24) is 4.90 Å². The summed E-state index contributed by atoms with van der Waals surface area (Å²) in [5, 5.41) is 1.87. The van der Waals surface area contributed by atoms with Crippen LogP contribution < -0.4 is 5.73 Å². The Kier molecular flexibility index (Phi) is 3.30. The summed E-state index contributed by atoms with van der Waals surface area (Å²) in [6, 6.07) is 1.80. The lowest BCUT2D eigenvalue weighted by atomic mass is 10.1. The van der Waals surface area contributed by atoms with E-state index in [0.29, 0.717) is 24.4 Å². The second-order valence-corrected chi connectivity index (χ2v) is 5.60. The molecule has 86 valence electrons. The Balaban J connectivity index is 2.05. The minimum absolute atomic E-state index is 0.0144. The van der Waals surface area contributed by atoms with Gasteiger partial charge in [0.1, 0.15) is 0 Å². The topological polar surface area (TPSA) is 63.4 Å². The first kappa shape index (κ1) is 11.6. The molecular weight excluding hydrogens is 292 g/mol. The highest BCUT2D eigenvalue weighted by Crippen LogP contribution is 2.24. The van der Waals surface area contributed by atoms with Crippen molar-refractivity contribution in [2.45, 2.75) is 6.42 Å². The molecule has 0 aliphatic carbocycles. The summed E-state index contributed by atoms with van der Waals surface area (Å²) in [7, 11) is 0. The summed E-state index contributed by atoms with van der Waals surface area (Å²) >= 11 is 4.71. The molecule has 2 heterocycles. The normalized spacial score (nSPS) is 20.1. The summed E-state index contributed by atoms with van der Waals surface area (Å²) < 4.78 is 0.909. The van der Waals surface area contributed by atoms with E-state index in [1.165, 1.54) is 11.3 Å². The van der Waals surface area contributed by atoms with E-state index in [9.17, 15) is 9.59 Å². The maximum Gasteiger partial charge on any atom is 0.263 e. The number of primary amides is 1. The number of carbonyl (C=O) groups is 2. The Morgan fingerprint density at radius 1 is 1.56 bits per heavy atom. The molecule has 0 saturated carbocycles. The van der Waals surface area contributed by atoms with E-state index >= 15 is 0 Å². The van der Waals surface area contributed by atoms with Crippen LogP contribution in [-0.2, 0) is 4.79 Å². The summed E-state index contributed by atoms with van der Waals surface area (Å²) in [4.78, 5) is 25.4. The first-order valence-corrected chi connectivity index (χ1v) is 6.58. The van der Waals surface area contributed by atoms with E-state index in [1.54, 1.807) is 11.0 Å². The van der Waals surface area contributed by atoms with Gasteiger partial charge in [0.05, 0.1) is 10.8 Å². The second-order valence-electron chi connectivity index (χ2n) is 3.77. The fraction of sp³-hybridized carbons (Fsp3) is 0.400. The molecule has 1 aromatic heterocycles. The molecule has 1 aromatic rings. The van der Waals surface area contributed by atoms with E-state index < -0.39 is 0 Å². The lowest BCUT2D eigenvalue weighted by Gasteiger charge is -2.14. The lowest BCUT2D eigenvalue weighted by Crippen LogP contribution is -2.31. The number of nitrogens with two attached hydrogens (primary N) is 1. The van der Waals surface area contributed by atoms with Gasteiger partial charge in [0, 0.05) is 22.9 Å². The number of carbonyl (C=O) groups excluding carboxylic acids is 2. The molecule has 0 aromatic carbocycles. The van der Waals surface area contributed by atoms with Gasteiger partial charge < -0.3 is 10.6 Å². The Bertz CT molecular complexity index is 432. The summed E-state index contributed by atoms with van der Waals surface area (Å²) in [6.45, 7) is 1.06. The fourth-order valence-corrected chi connectivity index (χ4v) is 3.15. The first-order chi connectivity index (χ1) is 7.58. The predicted molar refractivity (Wildman–Crippen MR) is 65.2 cm³/mol. The number of likely N-dealkylation sites (tertiary alicyclic amines) is 1. The smallest absolute Gasteiger partial charge is 0.263 e. The van der Waals surface area contributed by atoms with Crippen LogP contribution in [-0.4, -0.2) is 29.8 Å². The van der Waals surface area contributed by atoms with Gasteiger partial charge in [-0.1, -0.05) is 0 Å². The number of hydrogen-bond acceptors (Lipinski definition) is 3. The second kappa shape index (κ2) is 4.55. The number of amides is 2. The van der Waals surface area contributed by atoms with Crippen LogP contribution >= 0.6 is 27.3 Å². The van der Waals surface area contributed by atoms with Crippen LogP contribution in [0.25, 0.3) is 0 Å². The molecule has 1 atom stereocenters. The van der Waals surface area contributed by atoms with E-state index in [4.69, 9.17) is 5.73 Å². The summed E-state index contributed by atoms with van der Waals surface area (Å²) in [5.74, 6) is -0.519. The molecule has 4 nitrogen and oxygen atoms in total. The minimum atomic E-state index is -0.317. The largest absolute Gasteiger partial charge is 0.369 e. The number of rotatable bonds is 2. The molecule has 1 aliphatic heterocycles. The van der Waals surface area contributed by atoms with Crippen molar-refractivity contribution in [3.8, 4) is 0 Å². The lowest BCUT2D eigenvalue weighted by molar-refractivity contribution is -0.121. The third kappa shape index (κ3) is 2.27. The highest BCUT2D eigenvalue weighted by Gasteiger charge is 2.30. The zero-order valence-corrected chi connectivity index (χ0v) is 10.9. The molecule has 6 heteroatoms. The molecule has 2 rings (SSSR count). The van der Waals surface area contributed by atoms with Gasteiger partial charge in [-0.05, 0) is 28.4 Å². The maximum atomic E-state index is 12.0. The maximum absolute atomic E-state index is 12.0. The molecule has 1 saturated heterocycles. The molecule has 2 N–H and O–H groups in total. The molecule has 1 fully saturated rings. The van der Waals surface area contributed by atoms with Gasteiger partial charge in [-0.2, -0.15) is 0 Å². The number of thiophene rings is 1. The van der Waals surface area contributed by atoms with Crippen LogP contribution in [0.2, 0.25) is 0 Å². The molecule has 1 unspecified atom stereocenters. The number of nitrogens with zero attached hydrogens (tertiary/aromatic N) is 1. The van der Waals surface area contributed by atoms with Crippen LogP contribution in [0.15, 0.2) is 15.9 Å². The first-order valence-electron chi connectivity index (χ1n) is 4.90. The van der Waals surface area contributed by atoms with Crippen molar-refractivity contribution in [3.63, 3.8) is 0 Å². The predicted octanol–water partition coefficient (Wildman–Crippen LogP) is 1.46. The van der Waals surface area contributed by atoms with Gasteiger partial charge in [0.2, 0.25) is 5.91 Å². The van der Waals surface area contributed by atoms with Crippen molar-refractivity contribution in [2.75, 3.05) is 13.1 Å². The number of hydrogen-bond donors (Lipinski definition) is 1. The highest BCUT2D eigenvalue weighted by atomic mass is 79.9. The molecule has 1 aliphatic rings. The van der Waals surface area contributed by atoms with Crippen LogP contribution in [0.5, 0.6) is 0 Å². The quantitative estimate of drug-likeness (QED) is 0.899.